The average molecular weight is 346 g/mol. The second-order valence-corrected chi connectivity index (χ2v) is 5.60. The standard InChI is InChI=1S/C16H13BrFN3/c17-13-5-7-19-15(11-13)16-20-8-10-21(16)9-6-12-1-3-14(18)4-2-12/h1-5,7-8,10-11H,6,9H2. The van der Waals surface area contributed by atoms with E-state index in [-0.39, 0.29) is 5.82 Å². The minimum atomic E-state index is -0.208. The first-order valence-electron chi connectivity index (χ1n) is 6.60. The molecule has 0 bridgehead atoms. The topological polar surface area (TPSA) is 30.7 Å². The van der Waals surface area contributed by atoms with Gasteiger partial charge < -0.3 is 4.57 Å². The van der Waals surface area contributed by atoms with Gasteiger partial charge in [-0.15, -0.1) is 0 Å². The Labute approximate surface area is 130 Å². The summed E-state index contributed by atoms with van der Waals surface area (Å²) in [5.41, 5.74) is 1.92. The van der Waals surface area contributed by atoms with Gasteiger partial charge in [0.05, 0.1) is 0 Å². The summed E-state index contributed by atoms with van der Waals surface area (Å²) in [6.07, 6.45) is 6.26. The first-order chi connectivity index (χ1) is 10.2. The Morgan fingerprint density at radius 3 is 2.62 bits per heavy atom. The minimum absolute atomic E-state index is 0.208. The molecule has 3 rings (SSSR count). The molecule has 0 atom stereocenters. The summed E-state index contributed by atoms with van der Waals surface area (Å²) in [6.45, 7) is 0.773. The molecule has 1 aromatic carbocycles. The lowest BCUT2D eigenvalue weighted by atomic mass is 10.1. The summed E-state index contributed by atoms with van der Waals surface area (Å²) < 4.78 is 15.9. The number of rotatable bonds is 4. The van der Waals surface area contributed by atoms with E-state index in [1.165, 1.54) is 12.1 Å². The molecule has 0 aliphatic heterocycles. The molecule has 0 N–H and O–H groups in total. The van der Waals surface area contributed by atoms with Crippen molar-refractivity contribution in [3.05, 3.63) is 70.8 Å². The summed E-state index contributed by atoms with van der Waals surface area (Å²) >= 11 is 3.44. The SMILES string of the molecule is Fc1ccc(CCn2ccnc2-c2cc(Br)ccn2)cc1. The maximum absolute atomic E-state index is 12.9. The van der Waals surface area contributed by atoms with Crippen molar-refractivity contribution in [1.29, 1.82) is 0 Å². The van der Waals surface area contributed by atoms with Crippen molar-refractivity contribution in [2.45, 2.75) is 13.0 Å². The third-order valence-electron chi connectivity index (χ3n) is 3.22. The van der Waals surface area contributed by atoms with E-state index in [1.807, 2.05) is 30.5 Å². The number of halogens is 2. The number of hydrogen-bond acceptors (Lipinski definition) is 2. The monoisotopic (exact) mass is 345 g/mol. The minimum Gasteiger partial charge on any atom is -0.329 e. The highest BCUT2D eigenvalue weighted by molar-refractivity contribution is 9.10. The number of imidazole rings is 1. The normalized spacial score (nSPS) is 10.8. The van der Waals surface area contributed by atoms with Crippen molar-refractivity contribution in [3.8, 4) is 11.5 Å². The Morgan fingerprint density at radius 1 is 1.05 bits per heavy atom. The van der Waals surface area contributed by atoms with Gasteiger partial charge in [-0.1, -0.05) is 28.1 Å². The van der Waals surface area contributed by atoms with Crippen LogP contribution in [0.15, 0.2) is 59.5 Å². The number of aromatic nitrogens is 3. The van der Waals surface area contributed by atoms with Gasteiger partial charge in [0.1, 0.15) is 11.5 Å². The predicted molar refractivity (Wildman–Crippen MR) is 83.3 cm³/mol. The highest BCUT2D eigenvalue weighted by Crippen LogP contribution is 2.19. The van der Waals surface area contributed by atoms with Crippen LogP contribution >= 0.6 is 15.9 Å². The van der Waals surface area contributed by atoms with E-state index in [1.54, 1.807) is 12.4 Å². The van der Waals surface area contributed by atoms with Crippen LogP contribution in [0.1, 0.15) is 5.56 Å². The third-order valence-corrected chi connectivity index (χ3v) is 3.71. The molecular formula is C16H13BrFN3. The van der Waals surface area contributed by atoms with Gasteiger partial charge in [0, 0.05) is 29.6 Å². The van der Waals surface area contributed by atoms with Crippen molar-refractivity contribution >= 4 is 15.9 Å². The molecule has 0 fully saturated rings. The fraction of sp³-hybridized carbons (Fsp3) is 0.125. The van der Waals surface area contributed by atoms with E-state index in [0.717, 1.165) is 34.5 Å². The number of benzene rings is 1. The van der Waals surface area contributed by atoms with Gasteiger partial charge in [-0.3, -0.25) is 4.98 Å². The molecule has 5 heteroatoms. The number of pyridine rings is 1. The van der Waals surface area contributed by atoms with Crippen molar-refractivity contribution in [2.75, 3.05) is 0 Å². The summed E-state index contributed by atoms with van der Waals surface area (Å²) in [7, 11) is 0. The number of aryl methyl sites for hydroxylation is 2. The van der Waals surface area contributed by atoms with Crippen molar-refractivity contribution in [1.82, 2.24) is 14.5 Å². The highest BCUT2D eigenvalue weighted by atomic mass is 79.9. The lowest BCUT2D eigenvalue weighted by Crippen LogP contribution is -2.03. The van der Waals surface area contributed by atoms with Crippen LogP contribution in [-0.2, 0) is 13.0 Å². The first kappa shape index (κ1) is 13.9. The van der Waals surface area contributed by atoms with E-state index in [0.29, 0.717) is 0 Å². The lowest BCUT2D eigenvalue weighted by molar-refractivity contribution is 0.625. The Bertz CT molecular complexity index is 737. The zero-order valence-electron chi connectivity index (χ0n) is 11.2. The predicted octanol–water partition coefficient (Wildman–Crippen LogP) is 4.09. The van der Waals surface area contributed by atoms with Gasteiger partial charge in [0.2, 0.25) is 0 Å². The largest absolute Gasteiger partial charge is 0.329 e. The molecule has 0 amide bonds. The van der Waals surface area contributed by atoms with Crippen LogP contribution in [-0.4, -0.2) is 14.5 Å². The molecule has 0 aliphatic rings. The molecule has 2 aromatic heterocycles. The lowest BCUT2D eigenvalue weighted by Gasteiger charge is -2.08. The summed E-state index contributed by atoms with van der Waals surface area (Å²) in [6, 6.07) is 10.4. The number of hydrogen-bond donors (Lipinski definition) is 0. The van der Waals surface area contributed by atoms with E-state index in [9.17, 15) is 4.39 Å². The summed E-state index contributed by atoms with van der Waals surface area (Å²) in [4.78, 5) is 8.72. The quantitative estimate of drug-likeness (QED) is 0.712. The maximum Gasteiger partial charge on any atom is 0.158 e. The molecule has 106 valence electrons. The molecule has 0 spiro atoms. The second kappa shape index (κ2) is 6.18. The van der Waals surface area contributed by atoms with Gasteiger partial charge in [0.25, 0.3) is 0 Å². The Balaban J connectivity index is 1.78. The van der Waals surface area contributed by atoms with E-state index < -0.39 is 0 Å². The second-order valence-electron chi connectivity index (χ2n) is 4.68. The van der Waals surface area contributed by atoms with Crippen molar-refractivity contribution in [2.24, 2.45) is 0 Å². The first-order valence-corrected chi connectivity index (χ1v) is 7.39. The molecule has 0 radical (unpaired) electrons. The molecule has 3 aromatic rings. The van der Waals surface area contributed by atoms with Gasteiger partial charge in [-0.2, -0.15) is 0 Å². The highest BCUT2D eigenvalue weighted by Gasteiger charge is 2.07. The van der Waals surface area contributed by atoms with Gasteiger partial charge in [-0.05, 0) is 36.2 Å². The van der Waals surface area contributed by atoms with Crippen molar-refractivity contribution in [3.63, 3.8) is 0 Å². The zero-order valence-corrected chi connectivity index (χ0v) is 12.8. The molecule has 21 heavy (non-hydrogen) atoms. The van der Waals surface area contributed by atoms with Crippen molar-refractivity contribution < 1.29 is 4.39 Å². The average Bonchev–Trinajstić information content (AvgIpc) is 2.95. The number of nitrogens with zero attached hydrogens (tertiary/aromatic N) is 3. The Kier molecular flexibility index (Phi) is 4.10. The molecule has 3 nitrogen and oxygen atoms in total. The smallest absolute Gasteiger partial charge is 0.158 e. The molecule has 0 saturated carbocycles. The Hall–Kier alpha value is -2.01. The van der Waals surface area contributed by atoms with Crippen LogP contribution in [0.2, 0.25) is 0 Å². The van der Waals surface area contributed by atoms with Gasteiger partial charge >= 0.3 is 0 Å². The molecule has 0 unspecified atom stereocenters. The molecule has 0 saturated heterocycles. The molecule has 0 aliphatic carbocycles. The molecule has 2 heterocycles. The van der Waals surface area contributed by atoms with Crippen LogP contribution in [0.3, 0.4) is 0 Å². The summed E-state index contributed by atoms with van der Waals surface area (Å²) in [5.74, 6) is 0.624. The zero-order chi connectivity index (χ0) is 14.7. The Morgan fingerprint density at radius 2 is 1.86 bits per heavy atom. The van der Waals surface area contributed by atoms with E-state index in [2.05, 4.69) is 30.5 Å². The van der Waals surface area contributed by atoms with Crippen LogP contribution in [0, 0.1) is 5.82 Å². The van der Waals surface area contributed by atoms with Gasteiger partial charge in [0.15, 0.2) is 5.82 Å². The van der Waals surface area contributed by atoms with E-state index >= 15 is 0 Å². The van der Waals surface area contributed by atoms with Crippen LogP contribution in [0.4, 0.5) is 4.39 Å². The van der Waals surface area contributed by atoms with Crippen LogP contribution in [0.25, 0.3) is 11.5 Å². The molecular weight excluding hydrogens is 333 g/mol. The van der Waals surface area contributed by atoms with Crippen LogP contribution < -0.4 is 0 Å². The fourth-order valence-corrected chi connectivity index (χ4v) is 2.49. The van der Waals surface area contributed by atoms with Gasteiger partial charge in [-0.25, -0.2) is 9.37 Å². The fourth-order valence-electron chi connectivity index (χ4n) is 2.15. The van der Waals surface area contributed by atoms with E-state index in [4.69, 9.17) is 0 Å². The van der Waals surface area contributed by atoms with Crippen LogP contribution in [0.5, 0.6) is 0 Å². The third kappa shape index (κ3) is 3.36. The maximum atomic E-state index is 12.9. The summed E-state index contributed by atoms with van der Waals surface area (Å²) in [5, 5.41) is 0.